The summed E-state index contributed by atoms with van der Waals surface area (Å²) in [6.45, 7) is 7.92. The number of nitrogens with zero attached hydrogens (tertiary/aromatic N) is 5. The number of benzene rings is 1. The Morgan fingerprint density at radius 1 is 1.16 bits per heavy atom. The van der Waals surface area contributed by atoms with Crippen molar-refractivity contribution in [3.05, 3.63) is 30.1 Å². The normalized spacial score (nSPS) is 20.0. The minimum atomic E-state index is -0.126. The van der Waals surface area contributed by atoms with E-state index in [-0.39, 0.29) is 11.9 Å². The lowest BCUT2D eigenvalue weighted by molar-refractivity contribution is -0.136. The molecule has 2 aliphatic rings. The highest BCUT2D eigenvalue weighted by Gasteiger charge is 2.27. The van der Waals surface area contributed by atoms with Crippen LogP contribution in [-0.2, 0) is 4.79 Å². The summed E-state index contributed by atoms with van der Waals surface area (Å²) in [5.74, 6) is 1.56. The number of amides is 3. The first-order valence-corrected chi connectivity index (χ1v) is 11.1. The number of piperazine rings is 1. The van der Waals surface area contributed by atoms with E-state index >= 15 is 0 Å². The molecule has 0 saturated carbocycles. The van der Waals surface area contributed by atoms with Crippen molar-refractivity contribution in [3.8, 4) is 11.4 Å². The molecule has 2 aliphatic heterocycles. The van der Waals surface area contributed by atoms with Crippen molar-refractivity contribution in [1.29, 1.82) is 0 Å². The van der Waals surface area contributed by atoms with E-state index in [1.54, 1.807) is 4.90 Å². The number of aromatic amines is 1. The van der Waals surface area contributed by atoms with Gasteiger partial charge in [-0.25, -0.2) is 9.78 Å². The van der Waals surface area contributed by atoms with Gasteiger partial charge in [0.05, 0.1) is 6.54 Å². The molecule has 3 amide bonds. The average molecular weight is 426 g/mol. The SMILES string of the molecule is Cc1nc(-c2cccc(NC(=O)N3CCN(CC(=O)N4CCCCC4C)CC3)c2)n[nH]1. The van der Waals surface area contributed by atoms with E-state index in [0.29, 0.717) is 50.3 Å². The summed E-state index contributed by atoms with van der Waals surface area (Å²) in [7, 11) is 0. The Morgan fingerprint density at radius 2 is 1.97 bits per heavy atom. The Morgan fingerprint density at radius 3 is 2.68 bits per heavy atom. The first kappa shape index (κ1) is 21.3. The molecule has 9 nitrogen and oxygen atoms in total. The van der Waals surface area contributed by atoms with Gasteiger partial charge < -0.3 is 15.1 Å². The molecule has 1 aromatic carbocycles. The zero-order chi connectivity index (χ0) is 21.8. The van der Waals surface area contributed by atoms with Gasteiger partial charge in [-0.05, 0) is 45.2 Å². The molecule has 31 heavy (non-hydrogen) atoms. The van der Waals surface area contributed by atoms with Crippen LogP contribution in [0.5, 0.6) is 0 Å². The zero-order valence-electron chi connectivity index (χ0n) is 18.3. The molecule has 0 radical (unpaired) electrons. The fourth-order valence-electron chi connectivity index (χ4n) is 4.27. The molecule has 166 valence electrons. The lowest BCUT2D eigenvalue weighted by Gasteiger charge is -2.38. The molecule has 9 heteroatoms. The highest BCUT2D eigenvalue weighted by atomic mass is 16.2. The fraction of sp³-hybridized carbons (Fsp3) is 0.545. The van der Waals surface area contributed by atoms with Crippen molar-refractivity contribution in [2.45, 2.75) is 39.2 Å². The minimum absolute atomic E-state index is 0.126. The summed E-state index contributed by atoms with van der Waals surface area (Å²) in [5, 5.41) is 9.97. The van der Waals surface area contributed by atoms with Crippen LogP contribution in [0.3, 0.4) is 0 Å². The van der Waals surface area contributed by atoms with E-state index in [4.69, 9.17) is 0 Å². The van der Waals surface area contributed by atoms with E-state index in [9.17, 15) is 9.59 Å². The van der Waals surface area contributed by atoms with Crippen LogP contribution < -0.4 is 5.32 Å². The van der Waals surface area contributed by atoms with Gasteiger partial charge >= 0.3 is 6.03 Å². The molecule has 2 fully saturated rings. The van der Waals surface area contributed by atoms with Gasteiger partial charge in [-0.15, -0.1) is 0 Å². The maximum Gasteiger partial charge on any atom is 0.321 e. The van der Waals surface area contributed by atoms with Crippen LogP contribution in [0.4, 0.5) is 10.5 Å². The third kappa shape index (κ3) is 5.22. The number of H-pyrrole nitrogens is 1. The maximum absolute atomic E-state index is 12.7. The minimum Gasteiger partial charge on any atom is -0.339 e. The highest BCUT2D eigenvalue weighted by Crippen LogP contribution is 2.20. The Labute approximate surface area is 182 Å². The molecule has 1 unspecified atom stereocenters. The molecule has 4 rings (SSSR count). The van der Waals surface area contributed by atoms with Gasteiger partial charge in [0.1, 0.15) is 5.82 Å². The molecule has 0 spiro atoms. The predicted octanol–water partition coefficient (Wildman–Crippen LogP) is 2.33. The molecule has 0 aliphatic carbocycles. The fourth-order valence-corrected chi connectivity index (χ4v) is 4.27. The number of urea groups is 1. The number of anilines is 1. The second kappa shape index (κ2) is 9.47. The standard InChI is InChI=1S/C22H31N7O2/c1-16-6-3-4-9-29(16)20(30)15-27-10-12-28(13-11-27)22(31)24-19-8-5-7-18(14-19)21-23-17(2)25-26-21/h5,7-8,14,16H,3-4,6,9-13,15H2,1-2H3,(H,24,31)(H,23,25,26). The Kier molecular flexibility index (Phi) is 6.50. The summed E-state index contributed by atoms with van der Waals surface area (Å²) >= 11 is 0. The molecular weight excluding hydrogens is 394 g/mol. The number of rotatable bonds is 4. The van der Waals surface area contributed by atoms with E-state index in [1.807, 2.05) is 36.1 Å². The second-order valence-electron chi connectivity index (χ2n) is 8.45. The number of nitrogens with one attached hydrogen (secondary N) is 2. The van der Waals surface area contributed by atoms with Crippen LogP contribution in [0.2, 0.25) is 0 Å². The quantitative estimate of drug-likeness (QED) is 0.784. The van der Waals surface area contributed by atoms with Crippen molar-refractivity contribution in [2.24, 2.45) is 0 Å². The molecule has 1 aromatic heterocycles. The van der Waals surface area contributed by atoms with Crippen LogP contribution in [0.25, 0.3) is 11.4 Å². The Bertz CT molecular complexity index is 920. The van der Waals surface area contributed by atoms with Crippen LogP contribution in [-0.4, -0.2) is 87.1 Å². The third-order valence-corrected chi connectivity index (χ3v) is 6.11. The molecule has 0 bridgehead atoms. The number of hydrogen-bond acceptors (Lipinski definition) is 5. The summed E-state index contributed by atoms with van der Waals surface area (Å²) in [6, 6.07) is 7.73. The van der Waals surface area contributed by atoms with Gasteiger partial charge in [-0.3, -0.25) is 14.8 Å². The van der Waals surface area contributed by atoms with E-state index in [0.717, 1.165) is 30.8 Å². The van der Waals surface area contributed by atoms with Crippen LogP contribution in [0.15, 0.2) is 24.3 Å². The molecule has 2 aromatic rings. The number of hydrogen-bond donors (Lipinski definition) is 2. The van der Waals surface area contributed by atoms with Gasteiger partial charge in [-0.2, -0.15) is 5.10 Å². The number of carbonyl (C=O) groups is 2. The van der Waals surface area contributed by atoms with E-state index < -0.39 is 0 Å². The average Bonchev–Trinajstić information content (AvgIpc) is 3.21. The van der Waals surface area contributed by atoms with Gasteiger partial charge in [0.25, 0.3) is 0 Å². The largest absolute Gasteiger partial charge is 0.339 e. The van der Waals surface area contributed by atoms with Crippen molar-refractivity contribution < 1.29 is 9.59 Å². The Hall–Kier alpha value is -2.94. The van der Waals surface area contributed by atoms with Crippen molar-refractivity contribution in [1.82, 2.24) is 29.9 Å². The summed E-state index contributed by atoms with van der Waals surface area (Å²) in [5.41, 5.74) is 1.55. The van der Waals surface area contributed by atoms with Gasteiger partial charge in [0.2, 0.25) is 5.91 Å². The van der Waals surface area contributed by atoms with Gasteiger partial charge in [-0.1, -0.05) is 12.1 Å². The summed E-state index contributed by atoms with van der Waals surface area (Å²) < 4.78 is 0. The lowest BCUT2D eigenvalue weighted by atomic mass is 10.0. The van der Waals surface area contributed by atoms with Crippen LogP contribution in [0.1, 0.15) is 32.0 Å². The number of aryl methyl sites for hydroxylation is 1. The highest BCUT2D eigenvalue weighted by molar-refractivity contribution is 5.90. The molecular formula is C22H31N7O2. The van der Waals surface area contributed by atoms with Gasteiger partial charge in [0.15, 0.2) is 5.82 Å². The van der Waals surface area contributed by atoms with Crippen molar-refractivity contribution in [2.75, 3.05) is 44.6 Å². The zero-order valence-corrected chi connectivity index (χ0v) is 18.3. The predicted molar refractivity (Wildman–Crippen MR) is 119 cm³/mol. The van der Waals surface area contributed by atoms with Gasteiger partial charge in [0, 0.05) is 50.0 Å². The summed E-state index contributed by atoms with van der Waals surface area (Å²) in [4.78, 5) is 35.7. The van der Waals surface area contributed by atoms with E-state index in [2.05, 4.69) is 32.3 Å². The van der Waals surface area contributed by atoms with Crippen LogP contribution >= 0.6 is 0 Å². The third-order valence-electron chi connectivity index (χ3n) is 6.11. The second-order valence-corrected chi connectivity index (χ2v) is 8.45. The number of piperidine rings is 1. The molecule has 2 N–H and O–H groups in total. The first-order chi connectivity index (χ1) is 15.0. The topological polar surface area (TPSA) is 97.5 Å². The smallest absolute Gasteiger partial charge is 0.321 e. The van der Waals surface area contributed by atoms with Crippen molar-refractivity contribution in [3.63, 3.8) is 0 Å². The number of likely N-dealkylation sites (tertiary alicyclic amines) is 1. The molecule has 2 saturated heterocycles. The first-order valence-electron chi connectivity index (χ1n) is 11.1. The monoisotopic (exact) mass is 425 g/mol. The number of aromatic nitrogens is 3. The molecule has 1 atom stereocenters. The summed E-state index contributed by atoms with van der Waals surface area (Å²) in [6.07, 6.45) is 3.40. The maximum atomic E-state index is 12.7. The Balaban J connectivity index is 1.27. The van der Waals surface area contributed by atoms with Crippen molar-refractivity contribution >= 4 is 17.6 Å². The van der Waals surface area contributed by atoms with Crippen LogP contribution in [0, 0.1) is 6.92 Å². The van der Waals surface area contributed by atoms with E-state index in [1.165, 1.54) is 6.42 Å². The lowest BCUT2D eigenvalue weighted by Crippen LogP contribution is -2.53. The molecule has 3 heterocycles. The number of carbonyl (C=O) groups excluding carboxylic acids is 2.